The number of hydrogen-bond donors (Lipinski definition) is 0. The molecule has 0 radical (unpaired) electrons. The van der Waals surface area contributed by atoms with Gasteiger partial charge in [0.25, 0.3) is 5.56 Å². The molecule has 0 fully saturated rings. The fourth-order valence-corrected chi connectivity index (χ4v) is 1.83. The highest BCUT2D eigenvalue weighted by Crippen LogP contribution is 2.04. The average Bonchev–Trinajstić information content (AvgIpc) is 2.45. The number of hydrogen-bond acceptors (Lipinski definition) is 4. The Kier molecular flexibility index (Phi) is 4.81. The first-order valence-corrected chi connectivity index (χ1v) is 6.54. The standard InChI is InChI=1S/C15H15FN2O3/c1-2-21-15(20)7-11-3-5-13(17-8-11)10-18-9-12(16)4-6-14(18)19/h3-6,8-9H,2,7,10H2,1H3. The zero-order valence-electron chi connectivity index (χ0n) is 11.6. The van der Waals surface area contributed by atoms with Crippen LogP contribution in [0.15, 0.2) is 41.5 Å². The van der Waals surface area contributed by atoms with Crippen molar-refractivity contribution in [3.8, 4) is 0 Å². The van der Waals surface area contributed by atoms with Crippen LogP contribution in [0.1, 0.15) is 18.2 Å². The second kappa shape index (κ2) is 6.78. The van der Waals surface area contributed by atoms with Gasteiger partial charge in [-0.25, -0.2) is 4.39 Å². The third-order valence-electron chi connectivity index (χ3n) is 2.82. The first-order valence-electron chi connectivity index (χ1n) is 6.54. The minimum atomic E-state index is -0.478. The molecule has 2 heterocycles. The lowest BCUT2D eigenvalue weighted by atomic mass is 10.2. The van der Waals surface area contributed by atoms with E-state index in [2.05, 4.69) is 4.98 Å². The number of carbonyl (C=O) groups is 1. The summed E-state index contributed by atoms with van der Waals surface area (Å²) < 4.78 is 19.2. The van der Waals surface area contributed by atoms with E-state index in [9.17, 15) is 14.0 Å². The van der Waals surface area contributed by atoms with E-state index in [1.54, 1.807) is 25.3 Å². The van der Waals surface area contributed by atoms with Crippen LogP contribution < -0.4 is 5.56 Å². The Labute approximate surface area is 121 Å². The molecule has 5 nitrogen and oxygen atoms in total. The smallest absolute Gasteiger partial charge is 0.310 e. The fraction of sp³-hybridized carbons (Fsp3) is 0.267. The highest BCUT2D eigenvalue weighted by Gasteiger charge is 2.05. The normalized spacial score (nSPS) is 10.4. The van der Waals surface area contributed by atoms with E-state index in [0.717, 1.165) is 17.8 Å². The molecule has 0 amide bonds. The molecular weight excluding hydrogens is 275 g/mol. The molecule has 0 unspecified atom stereocenters. The topological polar surface area (TPSA) is 61.2 Å². The molecule has 0 aliphatic carbocycles. The second-order valence-electron chi connectivity index (χ2n) is 4.45. The van der Waals surface area contributed by atoms with Crippen LogP contribution in [0.2, 0.25) is 0 Å². The molecule has 0 atom stereocenters. The third-order valence-corrected chi connectivity index (χ3v) is 2.82. The molecule has 2 aromatic heterocycles. The number of esters is 1. The predicted octanol–water partition coefficient (Wildman–Crippen LogP) is 1.54. The van der Waals surface area contributed by atoms with E-state index in [4.69, 9.17) is 4.74 Å². The van der Waals surface area contributed by atoms with Gasteiger partial charge in [-0.15, -0.1) is 0 Å². The minimum absolute atomic E-state index is 0.154. The summed E-state index contributed by atoms with van der Waals surface area (Å²) in [6, 6.07) is 5.73. The molecule has 0 spiro atoms. The molecule has 0 bridgehead atoms. The maximum absolute atomic E-state index is 13.1. The van der Waals surface area contributed by atoms with Gasteiger partial charge in [0.1, 0.15) is 5.82 Å². The first kappa shape index (κ1) is 14.9. The molecule has 2 rings (SSSR count). The number of aromatic nitrogens is 2. The van der Waals surface area contributed by atoms with Crippen molar-refractivity contribution in [2.24, 2.45) is 0 Å². The van der Waals surface area contributed by atoms with E-state index >= 15 is 0 Å². The van der Waals surface area contributed by atoms with Gasteiger partial charge in [0.05, 0.1) is 25.3 Å². The Bertz CT molecular complexity index is 680. The van der Waals surface area contributed by atoms with Gasteiger partial charge in [0.2, 0.25) is 0 Å². The lowest BCUT2D eigenvalue weighted by molar-refractivity contribution is -0.142. The molecule has 0 aromatic carbocycles. The summed E-state index contributed by atoms with van der Waals surface area (Å²) in [7, 11) is 0. The number of ether oxygens (including phenoxy) is 1. The number of carbonyl (C=O) groups excluding carboxylic acids is 1. The molecule has 0 saturated carbocycles. The summed E-state index contributed by atoms with van der Waals surface area (Å²) in [4.78, 5) is 27.1. The maximum Gasteiger partial charge on any atom is 0.310 e. The lowest BCUT2D eigenvalue weighted by Crippen LogP contribution is -2.20. The lowest BCUT2D eigenvalue weighted by Gasteiger charge is -2.06. The van der Waals surface area contributed by atoms with Gasteiger partial charge in [0, 0.05) is 18.5 Å². The number of nitrogens with zero attached hydrogens (tertiary/aromatic N) is 2. The van der Waals surface area contributed by atoms with Crippen LogP contribution >= 0.6 is 0 Å². The molecule has 2 aromatic rings. The Balaban J connectivity index is 2.07. The van der Waals surface area contributed by atoms with Gasteiger partial charge in [-0.2, -0.15) is 0 Å². The largest absolute Gasteiger partial charge is 0.466 e. The summed E-state index contributed by atoms with van der Waals surface area (Å²) in [5.74, 6) is -0.790. The monoisotopic (exact) mass is 290 g/mol. The van der Waals surface area contributed by atoms with E-state index in [-0.39, 0.29) is 24.5 Å². The molecule has 21 heavy (non-hydrogen) atoms. The molecule has 0 aliphatic rings. The van der Waals surface area contributed by atoms with Crippen molar-refractivity contribution in [2.75, 3.05) is 6.61 Å². The molecule has 110 valence electrons. The van der Waals surface area contributed by atoms with Crippen molar-refractivity contribution in [3.63, 3.8) is 0 Å². The summed E-state index contributed by atoms with van der Waals surface area (Å²) in [5, 5.41) is 0. The minimum Gasteiger partial charge on any atom is -0.466 e. The van der Waals surface area contributed by atoms with Crippen molar-refractivity contribution in [3.05, 3.63) is 64.1 Å². The van der Waals surface area contributed by atoms with Gasteiger partial charge >= 0.3 is 5.97 Å². The zero-order chi connectivity index (χ0) is 15.2. The highest BCUT2D eigenvalue weighted by molar-refractivity contribution is 5.72. The van der Waals surface area contributed by atoms with Gasteiger partial charge in [-0.05, 0) is 24.6 Å². The van der Waals surface area contributed by atoms with Crippen molar-refractivity contribution >= 4 is 5.97 Å². The van der Waals surface area contributed by atoms with Crippen LogP contribution in [-0.4, -0.2) is 22.1 Å². The summed E-state index contributed by atoms with van der Waals surface area (Å²) in [5.41, 5.74) is 1.04. The summed E-state index contributed by atoms with van der Waals surface area (Å²) in [6.07, 6.45) is 2.84. The van der Waals surface area contributed by atoms with Crippen molar-refractivity contribution in [2.45, 2.75) is 19.9 Å². The third kappa shape index (κ3) is 4.24. The van der Waals surface area contributed by atoms with Gasteiger partial charge in [0.15, 0.2) is 0 Å². The van der Waals surface area contributed by atoms with Crippen LogP contribution in [-0.2, 0) is 22.5 Å². The molecular formula is C15H15FN2O3. The Hall–Kier alpha value is -2.50. The van der Waals surface area contributed by atoms with E-state index in [1.165, 1.54) is 10.6 Å². The Morgan fingerprint density at radius 2 is 2.14 bits per heavy atom. The molecule has 6 heteroatoms. The van der Waals surface area contributed by atoms with Gasteiger partial charge in [-0.3, -0.25) is 14.6 Å². The van der Waals surface area contributed by atoms with E-state index in [1.807, 2.05) is 0 Å². The zero-order valence-corrected chi connectivity index (χ0v) is 11.6. The quantitative estimate of drug-likeness (QED) is 0.784. The molecule has 0 N–H and O–H groups in total. The van der Waals surface area contributed by atoms with E-state index in [0.29, 0.717) is 12.3 Å². The van der Waals surface area contributed by atoms with Crippen molar-refractivity contribution in [1.29, 1.82) is 0 Å². The van der Waals surface area contributed by atoms with Crippen LogP contribution in [0, 0.1) is 5.82 Å². The Morgan fingerprint density at radius 1 is 1.33 bits per heavy atom. The SMILES string of the molecule is CCOC(=O)Cc1ccc(Cn2cc(F)ccc2=O)nc1. The maximum atomic E-state index is 13.1. The number of rotatable bonds is 5. The van der Waals surface area contributed by atoms with E-state index < -0.39 is 5.82 Å². The van der Waals surface area contributed by atoms with Crippen LogP contribution in [0.3, 0.4) is 0 Å². The fourth-order valence-electron chi connectivity index (χ4n) is 1.83. The van der Waals surface area contributed by atoms with Crippen LogP contribution in [0.25, 0.3) is 0 Å². The second-order valence-corrected chi connectivity index (χ2v) is 4.45. The highest BCUT2D eigenvalue weighted by atomic mass is 19.1. The first-order chi connectivity index (χ1) is 10.1. The van der Waals surface area contributed by atoms with Crippen molar-refractivity contribution in [1.82, 2.24) is 9.55 Å². The number of halogens is 1. The van der Waals surface area contributed by atoms with Crippen LogP contribution in [0.5, 0.6) is 0 Å². The van der Waals surface area contributed by atoms with Crippen LogP contribution in [0.4, 0.5) is 4.39 Å². The van der Waals surface area contributed by atoms with Gasteiger partial charge in [-0.1, -0.05) is 6.07 Å². The summed E-state index contributed by atoms with van der Waals surface area (Å²) >= 11 is 0. The van der Waals surface area contributed by atoms with Gasteiger partial charge < -0.3 is 9.30 Å². The predicted molar refractivity (Wildman–Crippen MR) is 74.3 cm³/mol. The summed E-state index contributed by atoms with van der Waals surface area (Å²) in [6.45, 7) is 2.26. The number of pyridine rings is 2. The molecule has 0 saturated heterocycles. The van der Waals surface area contributed by atoms with Crippen molar-refractivity contribution < 1.29 is 13.9 Å². The average molecular weight is 290 g/mol. The Morgan fingerprint density at radius 3 is 2.81 bits per heavy atom. The molecule has 0 aliphatic heterocycles.